The van der Waals surface area contributed by atoms with Crippen molar-refractivity contribution in [2.24, 2.45) is 0 Å². The summed E-state index contributed by atoms with van der Waals surface area (Å²) in [6.45, 7) is 6.19. The standard InChI is InChI=1S/C38H42N12O4/c1-47-12-14-48(15-13-47)38-43-20-28(21-44-38)36(52)42-10-17-53-16-8-32(51)49-11-7-25-18-24(2-3-27(25)23-49)22-50-35-33(29(39)6-9-41-35)34(46-50)26-4-5-31-30(19-26)45-37(40)54-31/h2-6,9,18-21H,7-8,10-17,22-23H2,1H3,(H2,39,41)(H2,40,45)(H,42,52). The van der Waals surface area contributed by atoms with Gasteiger partial charge in [0.2, 0.25) is 11.9 Å². The first-order valence-electron chi connectivity index (χ1n) is 18.1. The molecule has 2 aromatic carbocycles. The van der Waals surface area contributed by atoms with Gasteiger partial charge in [0.1, 0.15) is 11.2 Å². The van der Waals surface area contributed by atoms with Crippen LogP contribution in [0.3, 0.4) is 0 Å². The summed E-state index contributed by atoms with van der Waals surface area (Å²) in [6, 6.07) is 13.9. The summed E-state index contributed by atoms with van der Waals surface area (Å²) in [5.74, 6) is 0.419. The minimum atomic E-state index is -0.258. The number of hydrogen-bond acceptors (Lipinski definition) is 13. The third-order valence-corrected chi connectivity index (χ3v) is 9.99. The number of amides is 2. The van der Waals surface area contributed by atoms with Gasteiger partial charge in [-0.15, -0.1) is 0 Å². The second-order valence-electron chi connectivity index (χ2n) is 13.7. The number of nitrogens with one attached hydrogen (secondary N) is 1. The lowest BCUT2D eigenvalue weighted by molar-refractivity contribution is -0.133. The van der Waals surface area contributed by atoms with E-state index >= 15 is 0 Å². The number of carbonyl (C=O) groups is 2. The van der Waals surface area contributed by atoms with Crippen LogP contribution in [0.1, 0.15) is 33.5 Å². The molecule has 6 aromatic rings. The fourth-order valence-corrected chi connectivity index (χ4v) is 6.98. The van der Waals surface area contributed by atoms with E-state index in [-0.39, 0.29) is 30.9 Å². The molecular weight excluding hydrogens is 688 g/mol. The number of aromatic nitrogens is 6. The molecule has 2 amide bonds. The number of oxazole rings is 1. The van der Waals surface area contributed by atoms with Crippen LogP contribution >= 0.6 is 0 Å². The number of rotatable bonds is 11. The Bertz CT molecular complexity index is 2310. The molecule has 4 aromatic heterocycles. The molecule has 16 heteroatoms. The number of ether oxygens (including phenoxy) is 1. The highest BCUT2D eigenvalue weighted by Crippen LogP contribution is 2.33. The van der Waals surface area contributed by atoms with Gasteiger partial charge in [-0.3, -0.25) is 9.59 Å². The van der Waals surface area contributed by atoms with E-state index in [9.17, 15) is 9.59 Å². The molecule has 2 aliphatic heterocycles. The lowest BCUT2D eigenvalue weighted by atomic mass is 9.97. The Hall–Kier alpha value is -6.13. The summed E-state index contributed by atoms with van der Waals surface area (Å²) in [5, 5.41) is 8.56. The molecule has 278 valence electrons. The van der Waals surface area contributed by atoms with Gasteiger partial charge in [-0.1, -0.05) is 18.2 Å². The minimum absolute atomic E-state index is 0.0389. The molecule has 2 aliphatic rings. The van der Waals surface area contributed by atoms with Crippen molar-refractivity contribution in [2.45, 2.75) is 25.9 Å². The number of fused-ring (bicyclic) bond motifs is 3. The Balaban J connectivity index is 0.816. The van der Waals surface area contributed by atoms with E-state index in [2.05, 4.69) is 60.3 Å². The van der Waals surface area contributed by atoms with Crippen LogP contribution < -0.4 is 21.7 Å². The smallest absolute Gasteiger partial charge is 0.292 e. The van der Waals surface area contributed by atoms with E-state index in [1.54, 1.807) is 24.7 Å². The van der Waals surface area contributed by atoms with E-state index in [1.807, 2.05) is 27.8 Å². The number of nitrogens with zero attached hydrogens (tertiary/aromatic N) is 9. The molecule has 0 bridgehead atoms. The van der Waals surface area contributed by atoms with Gasteiger partial charge >= 0.3 is 0 Å². The molecule has 6 heterocycles. The Morgan fingerprint density at radius 1 is 0.944 bits per heavy atom. The number of piperazine rings is 1. The fraction of sp³-hybridized carbons (Fsp3) is 0.342. The van der Waals surface area contributed by atoms with Crippen molar-refractivity contribution in [1.82, 2.24) is 44.8 Å². The average molecular weight is 731 g/mol. The zero-order chi connectivity index (χ0) is 37.2. The molecular formula is C38H42N12O4. The molecule has 0 aliphatic carbocycles. The van der Waals surface area contributed by atoms with Crippen molar-refractivity contribution >= 4 is 51.6 Å². The predicted molar refractivity (Wildman–Crippen MR) is 204 cm³/mol. The Kier molecular flexibility index (Phi) is 9.75. The van der Waals surface area contributed by atoms with E-state index in [1.165, 1.54) is 5.56 Å². The molecule has 16 nitrogen and oxygen atoms in total. The molecule has 0 spiro atoms. The summed E-state index contributed by atoms with van der Waals surface area (Å²) >= 11 is 0. The number of anilines is 3. The van der Waals surface area contributed by atoms with Crippen LogP contribution in [0, 0.1) is 0 Å². The topological polar surface area (TPSA) is 200 Å². The molecule has 8 rings (SSSR count). The van der Waals surface area contributed by atoms with Gasteiger partial charge in [-0.05, 0) is 54.4 Å². The Morgan fingerprint density at radius 3 is 2.61 bits per heavy atom. The molecule has 0 saturated carbocycles. The van der Waals surface area contributed by atoms with Gasteiger partial charge in [0.25, 0.3) is 11.9 Å². The maximum atomic E-state index is 13.1. The summed E-state index contributed by atoms with van der Waals surface area (Å²) < 4.78 is 13.0. The SMILES string of the molecule is CN1CCN(c2ncc(C(=O)NCCOCCC(=O)N3CCc4cc(Cn5nc(-c6ccc7oc(N)nc7c6)c6c(N)ccnc65)ccc4C3)cn2)CC1. The average Bonchev–Trinajstić information content (AvgIpc) is 3.75. The number of likely N-dealkylation sites (N-methyl/N-ethyl adjacent to an activating group) is 1. The van der Waals surface area contributed by atoms with Crippen LogP contribution in [-0.4, -0.2) is 111 Å². The van der Waals surface area contributed by atoms with Crippen molar-refractivity contribution < 1.29 is 18.7 Å². The van der Waals surface area contributed by atoms with Crippen LogP contribution in [0.2, 0.25) is 0 Å². The Labute approximate surface area is 311 Å². The van der Waals surface area contributed by atoms with Crippen molar-refractivity contribution in [3.8, 4) is 11.3 Å². The summed E-state index contributed by atoms with van der Waals surface area (Å²) in [6.07, 6.45) is 5.81. The van der Waals surface area contributed by atoms with Crippen LogP contribution in [0.4, 0.5) is 17.7 Å². The van der Waals surface area contributed by atoms with Crippen molar-refractivity contribution in [2.75, 3.05) is 75.9 Å². The lowest BCUT2D eigenvalue weighted by Crippen LogP contribution is -2.45. The zero-order valence-electron chi connectivity index (χ0n) is 30.1. The van der Waals surface area contributed by atoms with Crippen LogP contribution in [0.25, 0.3) is 33.4 Å². The molecule has 54 heavy (non-hydrogen) atoms. The number of nitrogens with two attached hydrogens (primary N) is 2. The number of nitrogen functional groups attached to an aromatic ring is 2. The number of carbonyl (C=O) groups excluding carboxylic acids is 2. The second kappa shape index (κ2) is 15.1. The highest BCUT2D eigenvalue weighted by atomic mass is 16.5. The van der Waals surface area contributed by atoms with Gasteiger partial charge in [0, 0.05) is 75.7 Å². The third-order valence-electron chi connectivity index (χ3n) is 9.99. The number of pyridine rings is 1. The van der Waals surface area contributed by atoms with Gasteiger partial charge in [0.05, 0.1) is 37.1 Å². The first-order chi connectivity index (χ1) is 26.3. The van der Waals surface area contributed by atoms with E-state index in [0.717, 1.165) is 54.7 Å². The van der Waals surface area contributed by atoms with Gasteiger partial charge < -0.3 is 40.6 Å². The first-order valence-corrected chi connectivity index (χ1v) is 18.1. The lowest BCUT2D eigenvalue weighted by Gasteiger charge is -2.32. The molecule has 0 unspecified atom stereocenters. The minimum Gasteiger partial charge on any atom is -0.424 e. The second-order valence-corrected chi connectivity index (χ2v) is 13.7. The van der Waals surface area contributed by atoms with Crippen LogP contribution in [0.15, 0.2) is 65.5 Å². The fourth-order valence-electron chi connectivity index (χ4n) is 6.98. The normalized spacial score (nSPS) is 14.8. The highest BCUT2D eigenvalue weighted by molar-refractivity contribution is 6.00. The van der Waals surface area contributed by atoms with Crippen molar-refractivity contribution in [3.05, 3.63) is 83.3 Å². The van der Waals surface area contributed by atoms with Crippen LogP contribution in [-0.2, 0) is 29.0 Å². The van der Waals surface area contributed by atoms with Gasteiger partial charge in [0.15, 0.2) is 11.2 Å². The number of hydrogen-bond donors (Lipinski definition) is 3. The van der Waals surface area contributed by atoms with Gasteiger partial charge in [-0.25, -0.2) is 19.6 Å². The quantitative estimate of drug-likeness (QED) is 0.165. The number of benzene rings is 2. The molecule has 0 atom stereocenters. The molecule has 1 fully saturated rings. The largest absolute Gasteiger partial charge is 0.424 e. The van der Waals surface area contributed by atoms with E-state index < -0.39 is 0 Å². The van der Waals surface area contributed by atoms with E-state index in [4.69, 9.17) is 25.7 Å². The highest BCUT2D eigenvalue weighted by Gasteiger charge is 2.23. The predicted octanol–water partition coefficient (Wildman–Crippen LogP) is 2.72. The zero-order valence-corrected chi connectivity index (χ0v) is 30.1. The Morgan fingerprint density at radius 2 is 1.78 bits per heavy atom. The summed E-state index contributed by atoms with van der Waals surface area (Å²) in [4.78, 5) is 49.5. The molecule has 0 radical (unpaired) electrons. The maximum Gasteiger partial charge on any atom is 0.292 e. The maximum absolute atomic E-state index is 13.1. The van der Waals surface area contributed by atoms with Gasteiger partial charge in [-0.2, -0.15) is 10.1 Å². The third kappa shape index (κ3) is 7.38. The van der Waals surface area contributed by atoms with E-state index in [0.29, 0.717) is 72.4 Å². The summed E-state index contributed by atoms with van der Waals surface area (Å²) in [7, 11) is 2.09. The van der Waals surface area contributed by atoms with Crippen molar-refractivity contribution in [1.29, 1.82) is 0 Å². The molecule has 1 saturated heterocycles. The summed E-state index contributed by atoms with van der Waals surface area (Å²) in [5.41, 5.74) is 20.1. The first kappa shape index (κ1) is 34.9. The van der Waals surface area contributed by atoms with Crippen LogP contribution in [0.5, 0.6) is 0 Å². The monoisotopic (exact) mass is 730 g/mol. The van der Waals surface area contributed by atoms with Crippen molar-refractivity contribution in [3.63, 3.8) is 0 Å². The molecule has 5 N–H and O–H groups in total.